The van der Waals surface area contributed by atoms with Crippen LogP contribution in [0.15, 0.2) is 0 Å². The molecule has 0 rings (SSSR count). The molecule has 0 radical (unpaired) electrons. The van der Waals surface area contributed by atoms with E-state index in [2.05, 4.69) is 48.5 Å². The standard InChI is InChI=1S/C13H28/c1-8-9-13(6,7)11(2)10-12(3,4)5/h11H,8-10H2,1-7H3. The molecule has 0 N–H and O–H groups in total. The second-order valence-electron chi connectivity index (χ2n) is 6.40. The third-order valence-corrected chi connectivity index (χ3v) is 3.15. The van der Waals surface area contributed by atoms with E-state index in [1.54, 1.807) is 0 Å². The van der Waals surface area contributed by atoms with E-state index in [0.717, 1.165) is 5.92 Å². The molecule has 0 aromatic carbocycles. The van der Waals surface area contributed by atoms with Crippen molar-refractivity contribution in [3.05, 3.63) is 0 Å². The summed E-state index contributed by atoms with van der Waals surface area (Å²) in [6.45, 7) is 16.5. The summed E-state index contributed by atoms with van der Waals surface area (Å²) in [7, 11) is 0. The first kappa shape index (κ1) is 13.0. The Balaban J connectivity index is 4.16. The van der Waals surface area contributed by atoms with E-state index in [9.17, 15) is 0 Å². The summed E-state index contributed by atoms with van der Waals surface area (Å²) < 4.78 is 0. The zero-order valence-electron chi connectivity index (χ0n) is 10.7. The van der Waals surface area contributed by atoms with E-state index in [-0.39, 0.29) is 0 Å². The molecule has 0 heterocycles. The monoisotopic (exact) mass is 184 g/mol. The van der Waals surface area contributed by atoms with E-state index in [1.807, 2.05) is 0 Å². The van der Waals surface area contributed by atoms with E-state index >= 15 is 0 Å². The molecule has 80 valence electrons. The second-order valence-corrected chi connectivity index (χ2v) is 6.40. The lowest BCUT2D eigenvalue weighted by molar-refractivity contribution is 0.151. The molecule has 1 unspecified atom stereocenters. The summed E-state index contributed by atoms with van der Waals surface area (Å²) in [5, 5.41) is 0. The first-order valence-electron chi connectivity index (χ1n) is 5.69. The fourth-order valence-electron chi connectivity index (χ4n) is 2.09. The van der Waals surface area contributed by atoms with Crippen molar-refractivity contribution in [1.29, 1.82) is 0 Å². The SMILES string of the molecule is CCCC(C)(C)C(C)CC(C)(C)C. The maximum Gasteiger partial charge on any atom is -0.0328 e. The zero-order valence-corrected chi connectivity index (χ0v) is 10.7. The van der Waals surface area contributed by atoms with Gasteiger partial charge in [0.05, 0.1) is 0 Å². The first-order chi connectivity index (χ1) is 5.69. The Hall–Kier alpha value is 0. The molecule has 0 aliphatic carbocycles. The Bertz CT molecular complexity index is 137. The number of rotatable bonds is 4. The molecular formula is C13H28. The van der Waals surface area contributed by atoms with Crippen LogP contribution >= 0.6 is 0 Å². The fourth-order valence-corrected chi connectivity index (χ4v) is 2.09. The lowest BCUT2D eigenvalue weighted by Gasteiger charge is -2.36. The van der Waals surface area contributed by atoms with Gasteiger partial charge in [0.15, 0.2) is 0 Å². The Kier molecular flexibility index (Phi) is 4.48. The van der Waals surface area contributed by atoms with Crippen LogP contribution in [0.5, 0.6) is 0 Å². The van der Waals surface area contributed by atoms with Gasteiger partial charge in [-0.15, -0.1) is 0 Å². The van der Waals surface area contributed by atoms with Crippen molar-refractivity contribution in [1.82, 2.24) is 0 Å². The molecule has 13 heavy (non-hydrogen) atoms. The van der Waals surface area contributed by atoms with Crippen LogP contribution in [0.2, 0.25) is 0 Å². The minimum Gasteiger partial charge on any atom is -0.0654 e. The Labute approximate surface area is 85.1 Å². The van der Waals surface area contributed by atoms with Crippen molar-refractivity contribution in [3.63, 3.8) is 0 Å². The minimum absolute atomic E-state index is 0.477. The summed E-state index contributed by atoms with van der Waals surface area (Å²) in [4.78, 5) is 0. The molecule has 0 aromatic rings. The second kappa shape index (κ2) is 4.48. The Morgan fingerprint density at radius 1 is 1.00 bits per heavy atom. The van der Waals surface area contributed by atoms with E-state index in [1.165, 1.54) is 19.3 Å². The van der Waals surface area contributed by atoms with E-state index < -0.39 is 0 Å². The van der Waals surface area contributed by atoms with E-state index in [0.29, 0.717) is 10.8 Å². The predicted octanol–water partition coefficient (Wildman–Crippen LogP) is 4.89. The molecule has 0 heteroatoms. The van der Waals surface area contributed by atoms with Crippen molar-refractivity contribution in [2.45, 2.75) is 67.7 Å². The van der Waals surface area contributed by atoms with Crippen LogP contribution in [0.3, 0.4) is 0 Å². The van der Waals surface area contributed by atoms with Gasteiger partial charge in [-0.1, -0.05) is 54.9 Å². The van der Waals surface area contributed by atoms with Crippen molar-refractivity contribution in [3.8, 4) is 0 Å². The van der Waals surface area contributed by atoms with Gasteiger partial charge in [-0.2, -0.15) is 0 Å². The van der Waals surface area contributed by atoms with Gasteiger partial charge in [-0.05, 0) is 29.6 Å². The molecule has 0 saturated carbocycles. The molecule has 0 nitrogen and oxygen atoms in total. The van der Waals surface area contributed by atoms with Crippen LogP contribution in [0.1, 0.15) is 67.7 Å². The van der Waals surface area contributed by atoms with Gasteiger partial charge in [-0.3, -0.25) is 0 Å². The van der Waals surface area contributed by atoms with Crippen molar-refractivity contribution < 1.29 is 0 Å². The van der Waals surface area contributed by atoms with Crippen molar-refractivity contribution in [2.75, 3.05) is 0 Å². The maximum absolute atomic E-state index is 2.41. The van der Waals surface area contributed by atoms with Crippen LogP contribution in [0.25, 0.3) is 0 Å². The molecule has 0 fully saturated rings. The average molecular weight is 184 g/mol. The number of hydrogen-bond donors (Lipinski definition) is 0. The summed E-state index contributed by atoms with van der Waals surface area (Å²) in [5.74, 6) is 0.826. The normalized spacial score (nSPS) is 15.9. The van der Waals surface area contributed by atoms with Crippen molar-refractivity contribution in [2.24, 2.45) is 16.7 Å². The molecule has 0 saturated heterocycles. The van der Waals surface area contributed by atoms with Gasteiger partial charge < -0.3 is 0 Å². The van der Waals surface area contributed by atoms with Gasteiger partial charge in [0.1, 0.15) is 0 Å². The first-order valence-corrected chi connectivity index (χ1v) is 5.69. The van der Waals surface area contributed by atoms with E-state index in [4.69, 9.17) is 0 Å². The largest absolute Gasteiger partial charge is 0.0654 e. The van der Waals surface area contributed by atoms with Gasteiger partial charge in [0, 0.05) is 0 Å². The summed E-state index contributed by atoms with van der Waals surface area (Å²) >= 11 is 0. The molecule has 0 aromatic heterocycles. The molecular weight excluding hydrogens is 156 g/mol. The molecule has 0 amide bonds. The molecule has 0 bridgehead atoms. The summed E-state index contributed by atoms with van der Waals surface area (Å²) in [5.41, 5.74) is 0.993. The highest BCUT2D eigenvalue weighted by Crippen LogP contribution is 2.38. The van der Waals surface area contributed by atoms with Gasteiger partial charge in [0.2, 0.25) is 0 Å². The molecule has 1 atom stereocenters. The predicted molar refractivity (Wildman–Crippen MR) is 61.9 cm³/mol. The lowest BCUT2D eigenvalue weighted by Crippen LogP contribution is -2.25. The molecule has 0 spiro atoms. The summed E-state index contributed by atoms with van der Waals surface area (Å²) in [6, 6.07) is 0. The number of hydrogen-bond acceptors (Lipinski definition) is 0. The fraction of sp³-hybridized carbons (Fsp3) is 1.00. The highest BCUT2D eigenvalue weighted by Gasteiger charge is 2.28. The average Bonchev–Trinajstić information content (AvgIpc) is 1.82. The van der Waals surface area contributed by atoms with Gasteiger partial charge in [-0.25, -0.2) is 0 Å². The topological polar surface area (TPSA) is 0 Å². The highest BCUT2D eigenvalue weighted by molar-refractivity contribution is 4.78. The third-order valence-electron chi connectivity index (χ3n) is 3.15. The van der Waals surface area contributed by atoms with Gasteiger partial charge >= 0.3 is 0 Å². The van der Waals surface area contributed by atoms with Crippen LogP contribution < -0.4 is 0 Å². The highest BCUT2D eigenvalue weighted by atomic mass is 14.3. The maximum atomic E-state index is 2.41. The van der Waals surface area contributed by atoms with Crippen LogP contribution in [0.4, 0.5) is 0 Å². The van der Waals surface area contributed by atoms with Crippen LogP contribution in [-0.2, 0) is 0 Å². The van der Waals surface area contributed by atoms with Crippen LogP contribution in [-0.4, -0.2) is 0 Å². The third kappa shape index (κ3) is 5.33. The zero-order chi connectivity index (χ0) is 10.7. The summed E-state index contributed by atoms with van der Waals surface area (Å²) in [6.07, 6.45) is 3.99. The quantitative estimate of drug-likeness (QED) is 0.584. The Morgan fingerprint density at radius 2 is 1.46 bits per heavy atom. The van der Waals surface area contributed by atoms with Crippen molar-refractivity contribution >= 4 is 0 Å². The van der Waals surface area contributed by atoms with Crippen LogP contribution in [0, 0.1) is 16.7 Å². The molecule has 0 aliphatic heterocycles. The van der Waals surface area contributed by atoms with Gasteiger partial charge in [0.25, 0.3) is 0 Å². The molecule has 0 aliphatic rings. The lowest BCUT2D eigenvalue weighted by atomic mass is 9.70. The Morgan fingerprint density at radius 3 is 1.77 bits per heavy atom. The minimum atomic E-state index is 0.477. The smallest absolute Gasteiger partial charge is 0.0328 e.